The fourth-order valence-corrected chi connectivity index (χ4v) is 6.48. The second-order valence-corrected chi connectivity index (χ2v) is 7.64. The fraction of sp³-hybridized carbons (Fsp3) is 0.611. The summed E-state index contributed by atoms with van der Waals surface area (Å²) < 4.78 is 0. The third kappa shape index (κ3) is 1.19. The van der Waals surface area contributed by atoms with Crippen LogP contribution < -0.4 is 5.84 Å². The van der Waals surface area contributed by atoms with Gasteiger partial charge >= 0.3 is 0 Å². The average molecular weight is 266 g/mol. The molecule has 0 saturated heterocycles. The van der Waals surface area contributed by atoms with E-state index in [1.807, 2.05) is 0 Å². The van der Waals surface area contributed by atoms with E-state index in [0.717, 1.165) is 35.8 Å². The van der Waals surface area contributed by atoms with Crippen LogP contribution in [0.3, 0.4) is 0 Å². The predicted octanol–water partition coefficient (Wildman–Crippen LogP) is 3.45. The van der Waals surface area contributed by atoms with Crippen LogP contribution in [0.15, 0.2) is 29.4 Å². The zero-order chi connectivity index (χ0) is 13.3. The number of fused-ring (bicyclic) bond motifs is 1. The van der Waals surface area contributed by atoms with E-state index in [1.54, 1.807) is 5.56 Å². The molecule has 5 aliphatic rings. The maximum atomic E-state index is 5.71. The van der Waals surface area contributed by atoms with Gasteiger partial charge in [0, 0.05) is 17.4 Å². The number of rotatable bonds is 0. The van der Waals surface area contributed by atoms with Crippen LogP contribution >= 0.6 is 0 Å². The quantitative estimate of drug-likeness (QED) is 0.567. The van der Waals surface area contributed by atoms with E-state index in [2.05, 4.69) is 29.4 Å². The van der Waals surface area contributed by atoms with E-state index < -0.39 is 0 Å². The van der Waals surface area contributed by atoms with Gasteiger partial charge in [-0.05, 0) is 61.3 Å². The minimum Gasteiger partial charge on any atom is -0.323 e. The average Bonchev–Trinajstić information content (AvgIpc) is 2.80. The summed E-state index contributed by atoms with van der Waals surface area (Å²) in [7, 11) is 0. The minimum atomic E-state index is 0.391. The number of benzene rings is 1. The van der Waals surface area contributed by atoms with Gasteiger partial charge in [-0.15, -0.1) is 0 Å². The highest BCUT2D eigenvalue weighted by Gasteiger charge is 2.60. The summed E-state index contributed by atoms with van der Waals surface area (Å²) >= 11 is 0. The van der Waals surface area contributed by atoms with Crippen LogP contribution in [-0.4, -0.2) is 5.71 Å². The Bertz CT molecular complexity index is 573. The lowest BCUT2D eigenvalue weighted by molar-refractivity contribution is -0.0557. The van der Waals surface area contributed by atoms with Gasteiger partial charge in [-0.1, -0.05) is 24.3 Å². The Morgan fingerprint density at radius 1 is 0.950 bits per heavy atom. The van der Waals surface area contributed by atoms with Crippen molar-refractivity contribution in [3.8, 4) is 0 Å². The topological polar surface area (TPSA) is 38.4 Å². The molecule has 0 aromatic heterocycles. The number of hydrogen-bond acceptors (Lipinski definition) is 2. The zero-order valence-corrected chi connectivity index (χ0v) is 11.9. The summed E-state index contributed by atoms with van der Waals surface area (Å²) in [5.74, 6) is 9.53. The van der Waals surface area contributed by atoms with E-state index >= 15 is 0 Å². The van der Waals surface area contributed by atoms with Gasteiger partial charge in [0.25, 0.3) is 0 Å². The Balaban J connectivity index is 1.71. The van der Waals surface area contributed by atoms with E-state index in [-0.39, 0.29) is 0 Å². The van der Waals surface area contributed by atoms with E-state index in [4.69, 9.17) is 5.84 Å². The SMILES string of the molecule is N/N=C1\CC2(c3ccccc31)C1CC3CC(C1)CC2C3. The molecule has 6 rings (SSSR count). The molecule has 0 aliphatic heterocycles. The molecule has 2 nitrogen and oxygen atoms in total. The van der Waals surface area contributed by atoms with Crippen LogP contribution in [0.25, 0.3) is 0 Å². The highest BCUT2D eigenvalue weighted by molar-refractivity contribution is 6.06. The first-order chi connectivity index (χ1) is 9.81. The van der Waals surface area contributed by atoms with Crippen molar-refractivity contribution < 1.29 is 0 Å². The smallest absolute Gasteiger partial charge is 0.0684 e. The van der Waals surface area contributed by atoms with E-state index in [1.165, 1.54) is 37.7 Å². The van der Waals surface area contributed by atoms with Gasteiger partial charge in [-0.25, -0.2) is 0 Å². The normalized spacial score (nSPS) is 46.3. The molecule has 0 atom stereocenters. The van der Waals surface area contributed by atoms with E-state index in [0.29, 0.717) is 5.41 Å². The third-order valence-electron chi connectivity index (χ3n) is 6.95. The number of hydrazone groups is 1. The molecule has 0 heterocycles. The molecule has 104 valence electrons. The van der Waals surface area contributed by atoms with Crippen LogP contribution in [0, 0.1) is 23.7 Å². The number of nitrogens with zero attached hydrogens (tertiary/aromatic N) is 1. The third-order valence-corrected chi connectivity index (χ3v) is 6.95. The molecule has 1 spiro atoms. The van der Waals surface area contributed by atoms with Gasteiger partial charge < -0.3 is 5.84 Å². The first-order valence-electron chi connectivity index (χ1n) is 8.18. The zero-order valence-electron chi connectivity index (χ0n) is 11.9. The van der Waals surface area contributed by atoms with Crippen LogP contribution in [0.4, 0.5) is 0 Å². The van der Waals surface area contributed by atoms with Crippen molar-refractivity contribution in [2.24, 2.45) is 34.6 Å². The largest absolute Gasteiger partial charge is 0.323 e. The molecular weight excluding hydrogens is 244 g/mol. The summed E-state index contributed by atoms with van der Waals surface area (Å²) in [4.78, 5) is 0. The molecule has 4 fully saturated rings. The fourth-order valence-electron chi connectivity index (χ4n) is 6.48. The van der Waals surface area contributed by atoms with Crippen molar-refractivity contribution >= 4 is 5.71 Å². The van der Waals surface area contributed by atoms with Gasteiger partial charge in [0.1, 0.15) is 0 Å². The second-order valence-electron chi connectivity index (χ2n) is 7.64. The molecular formula is C18H22N2. The molecule has 1 aromatic carbocycles. The summed E-state index contributed by atoms with van der Waals surface area (Å²) in [5.41, 5.74) is 4.48. The molecule has 0 unspecified atom stereocenters. The van der Waals surface area contributed by atoms with Gasteiger partial charge in [0.05, 0.1) is 5.71 Å². The first-order valence-corrected chi connectivity index (χ1v) is 8.18. The highest BCUT2D eigenvalue weighted by Crippen LogP contribution is 2.66. The van der Waals surface area contributed by atoms with Gasteiger partial charge in [0.2, 0.25) is 0 Å². The molecule has 0 radical (unpaired) electrons. The maximum Gasteiger partial charge on any atom is 0.0684 e. The predicted molar refractivity (Wildman–Crippen MR) is 80.5 cm³/mol. The first kappa shape index (κ1) is 11.4. The second kappa shape index (κ2) is 3.66. The van der Waals surface area contributed by atoms with Gasteiger partial charge in [-0.3, -0.25) is 0 Å². The molecule has 0 amide bonds. The lowest BCUT2D eigenvalue weighted by atomic mass is 9.44. The highest BCUT2D eigenvalue weighted by atomic mass is 15.1. The van der Waals surface area contributed by atoms with E-state index in [9.17, 15) is 0 Å². The molecule has 2 N–H and O–H groups in total. The van der Waals surface area contributed by atoms with Crippen LogP contribution in [0.2, 0.25) is 0 Å². The minimum absolute atomic E-state index is 0.391. The summed E-state index contributed by atoms with van der Waals surface area (Å²) in [6, 6.07) is 8.96. The molecule has 4 bridgehead atoms. The number of nitrogens with two attached hydrogens (primary N) is 1. The van der Waals surface area contributed by atoms with Crippen molar-refractivity contribution in [2.75, 3.05) is 0 Å². The maximum absolute atomic E-state index is 5.71. The van der Waals surface area contributed by atoms with Gasteiger partial charge in [0.15, 0.2) is 0 Å². The Morgan fingerprint density at radius 3 is 2.25 bits per heavy atom. The Hall–Kier alpha value is -1.31. The summed E-state index contributed by atoms with van der Waals surface area (Å²) in [6.07, 6.45) is 8.46. The molecule has 4 saturated carbocycles. The van der Waals surface area contributed by atoms with Crippen molar-refractivity contribution in [3.63, 3.8) is 0 Å². The Kier molecular flexibility index (Phi) is 2.08. The lowest BCUT2D eigenvalue weighted by Crippen LogP contribution is -2.54. The van der Waals surface area contributed by atoms with Crippen LogP contribution in [0.1, 0.15) is 49.7 Å². The number of hydrogen-bond donors (Lipinski definition) is 1. The Labute approximate surface area is 120 Å². The van der Waals surface area contributed by atoms with Crippen molar-refractivity contribution in [1.82, 2.24) is 0 Å². The summed E-state index contributed by atoms with van der Waals surface area (Å²) in [6.45, 7) is 0. The summed E-state index contributed by atoms with van der Waals surface area (Å²) in [5, 5.41) is 4.15. The Morgan fingerprint density at radius 2 is 1.60 bits per heavy atom. The standard InChI is InChI=1S/C18H22N2/c19-20-17-10-18(16-4-2-1-3-15(16)17)13-6-11-5-12(8-13)9-14(18)7-11/h1-4,11-14H,5-10,19H2/b20-17+. The molecule has 1 aromatic rings. The van der Waals surface area contributed by atoms with Gasteiger partial charge in [-0.2, -0.15) is 5.10 Å². The van der Waals surface area contributed by atoms with Crippen molar-refractivity contribution in [3.05, 3.63) is 35.4 Å². The molecule has 2 heteroatoms. The lowest BCUT2D eigenvalue weighted by Gasteiger charge is -2.60. The van der Waals surface area contributed by atoms with Crippen molar-refractivity contribution in [2.45, 2.75) is 43.9 Å². The monoisotopic (exact) mass is 266 g/mol. The van der Waals surface area contributed by atoms with Crippen molar-refractivity contribution in [1.29, 1.82) is 0 Å². The van der Waals surface area contributed by atoms with Crippen LogP contribution in [-0.2, 0) is 5.41 Å². The van der Waals surface area contributed by atoms with Crippen LogP contribution in [0.5, 0.6) is 0 Å². The molecule has 5 aliphatic carbocycles. The molecule has 20 heavy (non-hydrogen) atoms.